The van der Waals surface area contributed by atoms with E-state index in [1.165, 1.54) is 25.3 Å². The molecule has 1 aliphatic rings. The maximum Gasteiger partial charge on any atom is 0.328 e. The number of methoxy groups -OCH3 is 1. The largest absolute Gasteiger partial charge is 0.495 e. The zero-order valence-electron chi connectivity index (χ0n) is 12.7. The van der Waals surface area contributed by atoms with Gasteiger partial charge < -0.3 is 14.6 Å². The third-order valence-corrected chi connectivity index (χ3v) is 4.87. The molecule has 2 N–H and O–H groups in total. The highest BCUT2D eigenvalue weighted by molar-refractivity contribution is 7.89. The summed E-state index contributed by atoms with van der Waals surface area (Å²) in [6.45, 7) is 0.839. The highest BCUT2D eigenvalue weighted by Crippen LogP contribution is 2.25. The normalized spacial score (nSPS) is 18.4. The maximum absolute atomic E-state index is 12.5. The molecule has 23 heavy (non-hydrogen) atoms. The molecule has 0 radical (unpaired) electrons. The van der Waals surface area contributed by atoms with Crippen LogP contribution in [0.25, 0.3) is 6.08 Å². The minimum atomic E-state index is -3.79. The second kappa shape index (κ2) is 7.58. The first-order chi connectivity index (χ1) is 10.9. The highest BCUT2D eigenvalue weighted by atomic mass is 32.2. The Morgan fingerprint density at radius 2 is 2.30 bits per heavy atom. The molecule has 0 spiro atoms. The molecule has 1 saturated heterocycles. The molecule has 0 aliphatic carbocycles. The van der Waals surface area contributed by atoms with Crippen LogP contribution < -0.4 is 9.46 Å². The standard InChI is InChI=1S/C15H19NO6S/c1-21-13-6-4-11(5-7-15(17)18)9-14(13)23(19,20)16-10-12-3-2-8-22-12/h4-7,9,12,16H,2-3,8,10H2,1H3,(H,17,18)/b7-5-/t12-/m1/s1. The van der Waals surface area contributed by atoms with E-state index in [4.69, 9.17) is 14.6 Å². The Kier molecular flexibility index (Phi) is 5.75. The SMILES string of the molecule is COc1ccc(/C=C\C(=O)O)cc1S(=O)(=O)NC[C@H]1CCCO1. The molecule has 0 amide bonds. The quantitative estimate of drug-likeness (QED) is 0.724. The first-order valence-corrected chi connectivity index (χ1v) is 8.61. The molecule has 1 aliphatic heterocycles. The molecule has 1 aromatic rings. The van der Waals surface area contributed by atoms with Crippen LogP contribution in [0.15, 0.2) is 29.2 Å². The van der Waals surface area contributed by atoms with Gasteiger partial charge in [-0.05, 0) is 36.6 Å². The Morgan fingerprint density at radius 1 is 1.52 bits per heavy atom. The van der Waals surface area contributed by atoms with E-state index in [0.717, 1.165) is 18.9 Å². The van der Waals surface area contributed by atoms with E-state index in [9.17, 15) is 13.2 Å². The van der Waals surface area contributed by atoms with Gasteiger partial charge in [0.1, 0.15) is 10.6 Å². The van der Waals surface area contributed by atoms with Crippen LogP contribution in [-0.2, 0) is 19.6 Å². The Bertz CT molecular complexity index is 692. The van der Waals surface area contributed by atoms with Crippen LogP contribution >= 0.6 is 0 Å². The fourth-order valence-corrected chi connectivity index (χ4v) is 3.53. The second-order valence-corrected chi connectivity index (χ2v) is 6.80. The van der Waals surface area contributed by atoms with Crippen LogP contribution in [0.2, 0.25) is 0 Å². The third kappa shape index (κ3) is 4.78. The average molecular weight is 341 g/mol. The Balaban J connectivity index is 2.23. The maximum atomic E-state index is 12.5. The number of rotatable bonds is 7. The van der Waals surface area contributed by atoms with Gasteiger partial charge in [0, 0.05) is 19.2 Å². The molecule has 126 valence electrons. The number of sulfonamides is 1. The number of carbonyl (C=O) groups is 1. The molecule has 8 heteroatoms. The summed E-state index contributed by atoms with van der Waals surface area (Å²) in [5, 5.41) is 8.65. The molecule has 0 saturated carbocycles. The summed E-state index contributed by atoms with van der Waals surface area (Å²) in [7, 11) is -2.41. The Hall–Kier alpha value is -1.90. The van der Waals surface area contributed by atoms with Gasteiger partial charge in [0.2, 0.25) is 10.0 Å². The lowest BCUT2D eigenvalue weighted by Gasteiger charge is -2.14. The molecule has 7 nitrogen and oxygen atoms in total. The molecule has 1 atom stereocenters. The van der Waals surface area contributed by atoms with E-state index >= 15 is 0 Å². The van der Waals surface area contributed by atoms with Crippen LogP contribution in [0.5, 0.6) is 5.75 Å². The van der Waals surface area contributed by atoms with Crippen LogP contribution in [0, 0.1) is 0 Å². The van der Waals surface area contributed by atoms with Crippen LogP contribution in [0.4, 0.5) is 0 Å². The fraction of sp³-hybridized carbons (Fsp3) is 0.400. The van der Waals surface area contributed by atoms with Crippen molar-refractivity contribution in [3.05, 3.63) is 29.8 Å². The highest BCUT2D eigenvalue weighted by Gasteiger charge is 2.23. The molecule has 1 heterocycles. The van der Waals surface area contributed by atoms with Gasteiger partial charge in [0.05, 0.1) is 13.2 Å². The van der Waals surface area contributed by atoms with Gasteiger partial charge in [-0.25, -0.2) is 17.9 Å². The summed E-state index contributed by atoms with van der Waals surface area (Å²) < 4.78 is 37.9. The fourth-order valence-electron chi connectivity index (χ4n) is 2.26. The van der Waals surface area contributed by atoms with Crippen molar-refractivity contribution < 1.29 is 27.8 Å². The number of carboxylic acid groups (broad SMARTS) is 1. The van der Waals surface area contributed by atoms with Gasteiger partial charge >= 0.3 is 5.97 Å². The van der Waals surface area contributed by atoms with Crippen molar-refractivity contribution >= 4 is 22.1 Å². The summed E-state index contributed by atoms with van der Waals surface area (Å²) in [4.78, 5) is 10.5. The molecule has 1 fully saturated rings. The summed E-state index contributed by atoms with van der Waals surface area (Å²) >= 11 is 0. The van der Waals surface area contributed by atoms with Crippen molar-refractivity contribution in [2.45, 2.75) is 23.8 Å². The van der Waals surface area contributed by atoms with Gasteiger partial charge in [-0.15, -0.1) is 0 Å². The number of nitrogens with one attached hydrogen (secondary N) is 1. The number of benzene rings is 1. The van der Waals surface area contributed by atoms with Crippen molar-refractivity contribution in [1.29, 1.82) is 0 Å². The predicted octanol–water partition coefficient (Wildman–Crippen LogP) is 1.25. The van der Waals surface area contributed by atoms with Crippen molar-refractivity contribution in [2.75, 3.05) is 20.3 Å². The first kappa shape index (κ1) is 17.5. The molecular formula is C15H19NO6S. The van der Waals surface area contributed by atoms with E-state index in [0.29, 0.717) is 12.2 Å². The van der Waals surface area contributed by atoms with E-state index in [2.05, 4.69) is 4.72 Å². The van der Waals surface area contributed by atoms with Gasteiger partial charge in [-0.2, -0.15) is 0 Å². The van der Waals surface area contributed by atoms with E-state index in [1.807, 2.05) is 0 Å². The van der Waals surface area contributed by atoms with Gasteiger partial charge in [0.25, 0.3) is 0 Å². The van der Waals surface area contributed by atoms with Crippen LogP contribution in [-0.4, -0.2) is 45.9 Å². The molecular weight excluding hydrogens is 322 g/mol. The van der Waals surface area contributed by atoms with E-state index in [-0.39, 0.29) is 23.3 Å². The van der Waals surface area contributed by atoms with E-state index in [1.54, 1.807) is 6.07 Å². The topological polar surface area (TPSA) is 102 Å². The first-order valence-electron chi connectivity index (χ1n) is 7.12. The lowest BCUT2D eigenvalue weighted by molar-refractivity contribution is -0.131. The van der Waals surface area contributed by atoms with Crippen molar-refractivity contribution in [2.24, 2.45) is 0 Å². The zero-order valence-corrected chi connectivity index (χ0v) is 13.5. The molecule has 0 unspecified atom stereocenters. The Labute approximate surface area is 135 Å². The number of hydrogen-bond donors (Lipinski definition) is 2. The molecule has 0 bridgehead atoms. The summed E-state index contributed by atoms with van der Waals surface area (Å²) in [5.74, 6) is -0.918. The smallest absolute Gasteiger partial charge is 0.328 e. The minimum Gasteiger partial charge on any atom is -0.495 e. The third-order valence-electron chi connectivity index (χ3n) is 3.42. The van der Waals surface area contributed by atoms with Gasteiger partial charge in [0.15, 0.2) is 0 Å². The second-order valence-electron chi connectivity index (χ2n) is 5.07. The van der Waals surface area contributed by atoms with Crippen LogP contribution in [0.3, 0.4) is 0 Å². The van der Waals surface area contributed by atoms with Crippen molar-refractivity contribution in [3.8, 4) is 5.75 Å². The zero-order chi connectivity index (χ0) is 16.9. The van der Waals surface area contributed by atoms with Crippen molar-refractivity contribution in [3.63, 3.8) is 0 Å². The van der Waals surface area contributed by atoms with Gasteiger partial charge in [-0.3, -0.25) is 0 Å². The molecule has 0 aromatic heterocycles. The van der Waals surface area contributed by atoms with Crippen molar-refractivity contribution in [1.82, 2.24) is 4.72 Å². The number of hydrogen-bond acceptors (Lipinski definition) is 5. The lowest BCUT2D eigenvalue weighted by Crippen LogP contribution is -2.32. The number of aliphatic carboxylic acids is 1. The number of ether oxygens (including phenoxy) is 2. The summed E-state index contributed by atoms with van der Waals surface area (Å²) in [5.41, 5.74) is 0.450. The number of carboxylic acids is 1. The molecule has 1 aromatic carbocycles. The summed E-state index contributed by atoms with van der Waals surface area (Å²) in [6.07, 6.45) is 3.89. The van der Waals surface area contributed by atoms with Gasteiger partial charge in [-0.1, -0.05) is 6.07 Å². The average Bonchev–Trinajstić information content (AvgIpc) is 3.04. The predicted molar refractivity (Wildman–Crippen MR) is 83.8 cm³/mol. The monoisotopic (exact) mass is 341 g/mol. The lowest BCUT2D eigenvalue weighted by atomic mass is 10.2. The molecule has 2 rings (SSSR count). The van der Waals surface area contributed by atoms with Crippen LogP contribution in [0.1, 0.15) is 18.4 Å². The summed E-state index contributed by atoms with van der Waals surface area (Å²) in [6, 6.07) is 4.44. The minimum absolute atomic E-state index is 0.0365. The van der Waals surface area contributed by atoms with E-state index < -0.39 is 16.0 Å². The Morgan fingerprint density at radius 3 is 2.91 bits per heavy atom.